The number of nitrogens with zero attached hydrogens (tertiary/aromatic N) is 3. The molecule has 6 nitrogen and oxygen atoms in total. The van der Waals surface area contributed by atoms with Gasteiger partial charge in [-0.2, -0.15) is 17.0 Å². The number of hydrogen-bond donors (Lipinski definition) is 0. The molecule has 1 aliphatic rings. The molecule has 2 heterocycles. The lowest BCUT2D eigenvalue weighted by Gasteiger charge is -2.31. The van der Waals surface area contributed by atoms with Gasteiger partial charge in [0.05, 0.1) is 12.7 Å². The third-order valence-corrected chi connectivity index (χ3v) is 5.87. The Morgan fingerprint density at radius 3 is 2.55 bits per heavy atom. The summed E-state index contributed by atoms with van der Waals surface area (Å²) in [6.07, 6.45) is 5.45. The van der Waals surface area contributed by atoms with Gasteiger partial charge in [0, 0.05) is 25.6 Å². The average molecular weight is 329 g/mol. The van der Waals surface area contributed by atoms with Gasteiger partial charge in [-0.05, 0) is 19.3 Å². The van der Waals surface area contributed by atoms with Crippen molar-refractivity contribution in [2.75, 3.05) is 19.6 Å². The molecule has 126 valence electrons. The summed E-state index contributed by atoms with van der Waals surface area (Å²) in [7, 11) is -3.43. The second-order valence-electron chi connectivity index (χ2n) is 6.11. The largest absolute Gasteiger partial charge is 0.444 e. The third kappa shape index (κ3) is 4.08. The second-order valence-corrected chi connectivity index (χ2v) is 8.04. The SMILES string of the molecule is CCCN(Cc1ncc(C(C)C)o1)S(=O)(=O)N1CCCCC1. The summed E-state index contributed by atoms with van der Waals surface area (Å²) in [5, 5.41) is 0. The minimum absolute atomic E-state index is 0.208. The van der Waals surface area contributed by atoms with E-state index >= 15 is 0 Å². The van der Waals surface area contributed by atoms with Crippen LogP contribution >= 0.6 is 0 Å². The molecule has 0 amide bonds. The lowest BCUT2D eigenvalue weighted by atomic mass is 10.2. The topological polar surface area (TPSA) is 66.7 Å². The van der Waals surface area contributed by atoms with Gasteiger partial charge >= 0.3 is 0 Å². The van der Waals surface area contributed by atoms with Crippen LogP contribution in [0.4, 0.5) is 0 Å². The molecule has 0 spiro atoms. The van der Waals surface area contributed by atoms with Crippen molar-refractivity contribution in [1.29, 1.82) is 0 Å². The number of aromatic nitrogens is 1. The van der Waals surface area contributed by atoms with Crippen LogP contribution < -0.4 is 0 Å². The van der Waals surface area contributed by atoms with Gasteiger partial charge in [0.2, 0.25) is 5.89 Å². The van der Waals surface area contributed by atoms with Crippen molar-refractivity contribution < 1.29 is 12.8 Å². The van der Waals surface area contributed by atoms with Gasteiger partial charge in [-0.15, -0.1) is 0 Å². The van der Waals surface area contributed by atoms with Gasteiger partial charge < -0.3 is 4.42 Å². The first-order chi connectivity index (χ1) is 10.4. The van der Waals surface area contributed by atoms with E-state index in [0.717, 1.165) is 31.4 Å². The molecule has 0 N–H and O–H groups in total. The van der Waals surface area contributed by atoms with Crippen LogP contribution in [0, 0.1) is 0 Å². The zero-order valence-corrected chi connectivity index (χ0v) is 14.6. The molecule has 22 heavy (non-hydrogen) atoms. The van der Waals surface area contributed by atoms with Gasteiger partial charge in [-0.25, -0.2) is 4.98 Å². The highest BCUT2D eigenvalue weighted by atomic mass is 32.2. The Bertz CT molecular complexity index is 562. The van der Waals surface area contributed by atoms with Gasteiger partial charge in [0.15, 0.2) is 0 Å². The lowest BCUT2D eigenvalue weighted by Crippen LogP contribution is -2.46. The summed E-state index contributed by atoms with van der Waals surface area (Å²) in [6.45, 7) is 7.96. The zero-order valence-electron chi connectivity index (χ0n) is 13.8. The van der Waals surface area contributed by atoms with E-state index in [1.165, 1.54) is 4.31 Å². The second kappa shape index (κ2) is 7.57. The summed E-state index contributed by atoms with van der Waals surface area (Å²) in [5.74, 6) is 1.51. The predicted molar refractivity (Wildman–Crippen MR) is 85.6 cm³/mol. The summed E-state index contributed by atoms with van der Waals surface area (Å²) in [4.78, 5) is 4.23. The standard InChI is InChI=1S/C15H27N3O3S/c1-4-8-18(12-15-16-11-14(21-15)13(2)3)22(19,20)17-9-6-5-7-10-17/h11,13H,4-10,12H2,1-3H3. The monoisotopic (exact) mass is 329 g/mol. The zero-order chi connectivity index (χ0) is 16.2. The fraction of sp³-hybridized carbons (Fsp3) is 0.800. The quantitative estimate of drug-likeness (QED) is 0.771. The van der Waals surface area contributed by atoms with Crippen LogP contribution in [0.15, 0.2) is 10.6 Å². The van der Waals surface area contributed by atoms with Crippen molar-refractivity contribution in [2.45, 2.75) is 58.9 Å². The Labute approximate surface area is 133 Å². The minimum atomic E-state index is -3.43. The predicted octanol–water partition coefficient (Wildman–Crippen LogP) is 2.74. The Hall–Kier alpha value is -0.920. The van der Waals surface area contributed by atoms with E-state index in [0.29, 0.717) is 25.5 Å². The molecule has 0 atom stereocenters. The van der Waals surface area contributed by atoms with Crippen molar-refractivity contribution in [2.24, 2.45) is 0 Å². The molecule has 1 aliphatic heterocycles. The first-order valence-corrected chi connectivity index (χ1v) is 9.54. The Balaban J connectivity index is 2.13. The molecule has 0 aliphatic carbocycles. The Morgan fingerprint density at radius 1 is 1.32 bits per heavy atom. The minimum Gasteiger partial charge on any atom is -0.444 e. The van der Waals surface area contributed by atoms with Crippen molar-refractivity contribution in [3.05, 3.63) is 17.8 Å². The van der Waals surface area contributed by atoms with Gasteiger partial charge in [0.1, 0.15) is 5.76 Å². The highest BCUT2D eigenvalue weighted by Gasteiger charge is 2.31. The molecule has 0 bridgehead atoms. The van der Waals surface area contributed by atoms with E-state index < -0.39 is 10.2 Å². The van der Waals surface area contributed by atoms with Crippen LogP contribution in [0.25, 0.3) is 0 Å². The van der Waals surface area contributed by atoms with Crippen molar-refractivity contribution in [3.8, 4) is 0 Å². The Morgan fingerprint density at radius 2 is 2.00 bits per heavy atom. The highest BCUT2D eigenvalue weighted by Crippen LogP contribution is 2.20. The molecule has 1 aromatic heterocycles. The smallest absolute Gasteiger partial charge is 0.282 e. The maximum atomic E-state index is 12.8. The number of piperidine rings is 1. The molecular weight excluding hydrogens is 302 g/mol. The molecule has 2 rings (SSSR count). The van der Waals surface area contributed by atoms with Gasteiger partial charge in [0.25, 0.3) is 10.2 Å². The lowest BCUT2D eigenvalue weighted by molar-refractivity contribution is 0.284. The van der Waals surface area contributed by atoms with Crippen molar-refractivity contribution in [1.82, 2.24) is 13.6 Å². The number of hydrogen-bond acceptors (Lipinski definition) is 4. The molecule has 1 saturated heterocycles. The van der Waals surface area contributed by atoms with E-state index in [1.807, 2.05) is 20.8 Å². The van der Waals surface area contributed by atoms with Crippen LogP contribution in [-0.4, -0.2) is 41.6 Å². The van der Waals surface area contributed by atoms with Crippen LogP contribution in [-0.2, 0) is 16.8 Å². The van der Waals surface area contributed by atoms with Crippen LogP contribution in [0.5, 0.6) is 0 Å². The summed E-state index contributed by atoms with van der Waals surface area (Å²) >= 11 is 0. The van der Waals surface area contributed by atoms with Gasteiger partial charge in [-0.1, -0.05) is 27.2 Å². The molecule has 1 aromatic rings. The first-order valence-electron chi connectivity index (χ1n) is 8.15. The van der Waals surface area contributed by atoms with Crippen LogP contribution in [0.1, 0.15) is 64.0 Å². The number of rotatable bonds is 7. The fourth-order valence-electron chi connectivity index (χ4n) is 2.60. The van der Waals surface area contributed by atoms with E-state index in [1.54, 1.807) is 10.5 Å². The normalized spacial score (nSPS) is 17.5. The third-order valence-electron chi connectivity index (χ3n) is 3.89. The summed E-state index contributed by atoms with van der Waals surface area (Å²) in [6, 6.07) is 0. The molecule has 0 radical (unpaired) electrons. The summed E-state index contributed by atoms with van der Waals surface area (Å²) in [5.41, 5.74) is 0. The molecule has 7 heteroatoms. The van der Waals surface area contributed by atoms with E-state index in [4.69, 9.17) is 4.42 Å². The maximum absolute atomic E-state index is 12.8. The molecule has 1 fully saturated rings. The molecule has 0 aromatic carbocycles. The van der Waals surface area contributed by atoms with Gasteiger partial charge in [-0.3, -0.25) is 0 Å². The maximum Gasteiger partial charge on any atom is 0.282 e. The molecular formula is C15H27N3O3S. The summed E-state index contributed by atoms with van der Waals surface area (Å²) < 4.78 is 34.4. The van der Waals surface area contributed by atoms with Crippen LogP contribution in [0.3, 0.4) is 0 Å². The van der Waals surface area contributed by atoms with E-state index in [9.17, 15) is 8.42 Å². The van der Waals surface area contributed by atoms with Crippen molar-refractivity contribution in [3.63, 3.8) is 0 Å². The number of oxazole rings is 1. The van der Waals surface area contributed by atoms with Crippen molar-refractivity contribution >= 4 is 10.2 Å². The fourth-order valence-corrected chi connectivity index (χ4v) is 4.33. The highest BCUT2D eigenvalue weighted by molar-refractivity contribution is 7.86. The van der Waals surface area contributed by atoms with E-state index in [-0.39, 0.29) is 12.5 Å². The average Bonchev–Trinajstić information content (AvgIpc) is 2.96. The molecule has 0 unspecified atom stereocenters. The van der Waals surface area contributed by atoms with Crippen LogP contribution in [0.2, 0.25) is 0 Å². The van der Waals surface area contributed by atoms with E-state index in [2.05, 4.69) is 4.98 Å². The molecule has 0 saturated carbocycles. The first kappa shape index (κ1) is 17.4. The Kier molecular flexibility index (Phi) is 6.00.